The Labute approximate surface area is 223 Å². The van der Waals surface area contributed by atoms with Crippen molar-refractivity contribution in [2.24, 2.45) is 4.99 Å². The van der Waals surface area contributed by atoms with Gasteiger partial charge in [-0.15, -0.1) is 0 Å². The van der Waals surface area contributed by atoms with Crippen molar-refractivity contribution in [3.63, 3.8) is 0 Å². The van der Waals surface area contributed by atoms with Gasteiger partial charge in [-0.05, 0) is 79.8 Å². The number of likely N-dealkylation sites (tertiary alicyclic amines) is 1. The number of hydrogen-bond acceptors (Lipinski definition) is 8. The van der Waals surface area contributed by atoms with E-state index in [4.69, 9.17) is 10.3 Å². The summed E-state index contributed by atoms with van der Waals surface area (Å²) in [6.07, 6.45) is 8.59. The van der Waals surface area contributed by atoms with E-state index in [1.807, 2.05) is 25.1 Å². The van der Waals surface area contributed by atoms with Crippen molar-refractivity contribution < 1.29 is 9.90 Å². The SMILES string of the molecule is Cc1cc(N=C2CCCCCN2CCCNc2ncccn2)cc(C(Nc2ccc(C#N)cc2)C(=O)[O-])c1. The number of nitrogens with one attached hydrogen (secondary N) is 2. The molecule has 0 spiro atoms. The van der Waals surface area contributed by atoms with Gasteiger partial charge in [0, 0.05) is 44.1 Å². The number of carboxylic acids is 1. The van der Waals surface area contributed by atoms with Crippen molar-refractivity contribution in [3.05, 3.63) is 77.6 Å². The van der Waals surface area contributed by atoms with Gasteiger partial charge in [-0.25, -0.2) is 15.0 Å². The van der Waals surface area contributed by atoms with Crippen molar-refractivity contribution in [1.82, 2.24) is 14.9 Å². The van der Waals surface area contributed by atoms with Crippen molar-refractivity contribution in [2.75, 3.05) is 30.3 Å². The van der Waals surface area contributed by atoms with Crippen LogP contribution in [0.4, 0.5) is 17.3 Å². The molecule has 9 heteroatoms. The molecule has 1 fully saturated rings. The van der Waals surface area contributed by atoms with Crippen LogP contribution in [0, 0.1) is 18.3 Å². The Morgan fingerprint density at radius 1 is 1.16 bits per heavy atom. The van der Waals surface area contributed by atoms with E-state index in [0.717, 1.165) is 68.8 Å². The summed E-state index contributed by atoms with van der Waals surface area (Å²) in [7, 11) is 0. The van der Waals surface area contributed by atoms with Gasteiger partial charge in [0.2, 0.25) is 5.95 Å². The molecular formula is C29H32N7O2-. The van der Waals surface area contributed by atoms with E-state index in [0.29, 0.717) is 22.8 Å². The first-order valence-corrected chi connectivity index (χ1v) is 12.9. The molecule has 9 nitrogen and oxygen atoms in total. The maximum absolute atomic E-state index is 12.1. The molecule has 1 aromatic heterocycles. The second-order valence-corrected chi connectivity index (χ2v) is 9.37. The van der Waals surface area contributed by atoms with E-state index in [-0.39, 0.29) is 0 Å². The number of nitrogens with zero attached hydrogens (tertiary/aromatic N) is 5. The Balaban J connectivity index is 1.50. The van der Waals surface area contributed by atoms with Crippen LogP contribution in [0.25, 0.3) is 0 Å². The number of carboxylic acid groups (broad SMARTS) is 1. The number of aliphatic carboxylic acids is 1. The summed E-state index contributed by atoms with van der Waals surface area (Å²) < 4.78 is 0. The molecule has 2 N–H and O–H groups in total. The number of amidine groups is 1. The molecule has 1 atom stereocenters. The minimum atomic E-state index is -1.23. The number of nitriles is 1. The zero-order chi connectivity index (χ0) is 26.7. The van der Waals surface area contributed by atoms with Crippen molar-refractivity contribution in [1.29, 1.82) is 5.26 Å². The van der Waals surface area contributed by atoms with Crippen LogP contribution in [0.3, 0.4) is 0 Å². The number of benzene rings is 2. The lowest BCUT2D eigenvalue weighted by molar-refractivity contribution is -0.307. The molecule has 0 radical (unpaired) electrons. The predicted molar refractivity (Wildman–Crippen MR) is 146 cm³/mol. The Hall–Kier alpha value is -4.45. The number of rotatable bonds is 10. The molecule has 2 heterocycles. The third kappa shape index (κ3) is 7.53. The fourth-order valence-electron chi connectivity index (χ4n) is 4.54. The number of carbonyl (C=O) groups excluding carboxylic acids is 1. The molecule has 0 aliphatic carbocycles. The number of anilines is 2. The molecular weight excluding hydrogens is 478 g/mol. The molecule has 0 saturated carbocycles. The number of hydrogen-bond donors (Lipinski definition) is 2. The summed E-state index contributed by atoms with van der Waals surface area (Å²) in [6.45, 7) is 4.50. The fraction of sp³-hybridized carbons (Fsp3) is 0.345. The first kappa shape index (κ1) is 26.6. The summed E-state index contributed by atoms with van der Waals surface area (Å²) in [5, 5.41) is 27.4. The van der Waals surface area contributed by atoms with Gasteiger partial charge in [0.15, 0.2) is 0 Å². The van der Waals surface area contributed by atoms with E-state index >= 15 is 0 Å². The molecule has 196 valence electrons. The Morgan fingerprint density at radius 2 is 1.95 bits per heavy atom. The molecule has 1 aliphatic rings. The molecule has 38 heavy (non-hydrogen) atoms. The van der Waals surface area contributed by atoms with Gasteiger partial charge in [-0.3, -0.25) is 0 Å². The minimum absolute atomic E-state index is 0.506. The molecule has 1 unspecified atom stereocenters. The van der Waals surface area contributed by atoms with Crippen LogP contribution >= 0.6 is 0 Å². The van der Waals surface area contributed by atoms with Crippen LogP contribution in [0.1, 0.15) is 54.8 Å². The summed E-state index contributed by atoms with van der Waals surface area (Å²) in [5.41, 5.74) is 3.32. The number of carbonyl (C=O) groups is 1. The van der Waals surface area contributed by atoms with Gasteiger partial charge in [0.1, 0.15) is 5.84 Å². The third-order valence-corrected chi connectivity index (χ3v) is 6.38. The molecule has 4 rings (SSSR count). The van der Waals surface area contributed by atoms with Crippen LogP contribution in [0.2, 0.25) is 0 Å². The first-order valence-electron chi connectivity index (χ1n) is 12.9. The second kappa shape index (κ2) is 13.2. The molecule has 1 aliphatic heterocycles. The van der Waals surface area contributed by atoms with Crippen LogP contribution in [0.15, 0.2) is 65.9 Å². The van der Waals surface area contributed by atoms with E-state index in [9.17, 15) is 9.90 Å². The van der Waals surface area contributed by atoms with E-state index in [2.05, 4.69) is 31.6 Å². The molecule has 0 amide bonds. The smallest absolute Gasteiger partial charge is 0.222 e. The zero-order valence-electron chi connectivity index (χ0n) is 21.6. The predicted octanol–water partition coefficient (Wildman–Crippen LogP) is 3.97. The maximum atomic E-state index is 12.1. The average Bonchev–Trinajstić information content (AvgIpc) is 3.15. The molecule has 0 bridgehead atoms. The Bertz CT molecular complexity index is 1290. The van der Waals surface area contributed by atoms with Crippen LogP contribution in [-0.4, -0.2) is 46.3 Å². The number of aliphatic imine (C=N–C) groups is 1. The highest BCUT2D eigenvalue weighted by atomic mass is 16.4. The van der Waals surface area contributed by atoms with Crippen molar-refractivity contribution in [3.8, 4) is 6.07 Å². The largest absolute Gasteiger partial charge is 0.548 e. The highest BCUT2D eigenvalue weighted by Gasteiger charge is 2.17. The summed E-state index contributed by atoms with van der Waals surface area (Å²) in [5.74, 6) is 0.422. The highest BCUT2D eigenvalue weighted by Crippen LogP contribution is 2.27. The van der Waals surface area contributed by atoms with E-state index < -0.39 is 12.0 Å². The topological polar surface area (TPSA) is 129 Å². The lowest BCUT2D eigenvalue weighted by Crippen LogP contribution is -2.34. The maximum Gasteiger partial charge on any atom is 0.222 e. The summed E-state index contributed by atoms with van der Waals surface area (Å²) in [4.78, 5) is 27.9. The standard InChI is InChI=1S/C29H33N7O2/c1-21-17-23(27(28(37)38)35-24-10-8-22(20-30)9-11-24)19-25(18-21)34-26-7-3-2-4-15-36(26)16-6-14-33-29-31-12-5-13-32-29/h5,8-13,17-19,27,35H,2-4,6-7,14-16H2,1H3,(H,37,38)(H,31,32,33)/p-1. The van der Waals surface area contributed by atoms with Crippen LogP contribution in [0.5, 0.6) is 0 Å². The first-order chi connectivity index (χ1) is 18.5. The minimum Gasteiger partial charge on any atom is -0.548 e. The second-order valence-electron chi connectivity index (χ2n) is 9.37. The average molecular weight is 511 g/mol. The Kier molecular flexibility index (Phi) is 9.24. The lowest BCUT2D eigenvalue weighted by Gasteiger charge is -2.25. The van der Waals surface area contributed by atoms with Crippen molar-refractivity contribution >= 4 is 29.1 Å². The molecule has 2 aromatic carbocycles. The van der Waals surface area contributed by atoms with Gasteiger partial charge in [0.25, 0.3) is 0 Å². The number of aromatic nitrogens is 2. The molecule has 1 saturated heterocycles. The van der Waals surface area contributed by atoms with E-state index in [1.165, 1.54) is 0 Å². The van der Waals surface area contributed by atoms with Gasteiger partial charge in [0.05, 0.1) is 29.3 Å². The third-order valence-electron chi connectivity index (χ3n) is 6.38. The van der Waals surface area contributed by atoms with Crippen LogP contribution in [-0.2, 0) is 4.79 Å². The monoisotopic (exact) mass is 510 g/mol. The quantitative estimate of drug-likeness (QED) is 0.392. The normalized spacial score (nSPS) is 15.4. The van der Waals surface area contributed by atoms with Gasteiger partial charge in [-0.2, -0.15) is 5.26 Å². The lowest BCUT2D eigenvalue weighted by atomic mass is 10.0. The zero-order valence-corrected chi connectivity index (χ0v) is 21.6. The van der Waals surface area contributed by atoms with Gasteiger partial charge >= 0.3 is 0 Å². The Morgan fingerprint density at radius 3 is 2.68 bits per heavy atom. The van der Waals surface area contributed by atoms with Gasteiger partial charge < -0.3 is 25.4 Å². The van der Waals surface area contributed by atoms with Crippen molar-refractivity contribution in [2.45, 2.75) is 45.1 Å². The number of aryl methyl sites for hydroxylation is 1. The summed E-state index contributed by atoms with van der Waals surface area (Å²) >= 11 is 0. The fourth-order valence-corrected chi connectivity index (χ4v) is 4.54. The summed E-state index contributed by atoms with van der Waals surface area (Å²) in [6, 6.07) is 15.1. The molecule has 3 aromatic rings. The highest BCUT2D eigenvalue weighted by molar-refractivity contribution is 5.85. The van der Waals surface area contributed by atoms with Crippen LogP contribution < -0.4 is 15.7 Å². The van der Waals surface area contributed by atoms with Gasteiger partial charge in [-0.1, -0.05) is 12.5 Å². The van der Waals surface area contributed by atoms with E-state index in [1.54, 1.807) is 42.7 Å².